The largest absolute Gasteiger partial charge is 0.393 e. The van der Waals surface area contributed by atoms with Crippen molar-refractivity contribution in [3.05, 3.63) is 22.4 Å². The van der Waals surface area contributed by atoms with Gasteiger partial charge in [0.15, 0.2) is 0 Å². The van der Waals surface area contributed by atoms with Crippen molar-refractivity contribution in [2.75, 3.05) is 5.73 Å². The van der Waals surface area contributed by atoms with Crippen LogP contribution in [-0.4, -0.2) is 9.97 Å². The van der Waals surface area contributed by atoms with Crippen molar-refractivity contribution in [3.8, 4) is 0 Å². The van der Waals surface area contributed by atoms with E-state index in [0.29, 0.717) is 5.82 Å². The van der Waals surface area contributed by atoms with Crippen molar-refractivity contribution < 1.29 is 0 Å². The van der Waals surface area contributed by atoms with Gasteiger partial charge >= 0.3 is 0 Å². The maximum absolute atomic E-state index is 11.0. The topological polar surface area (TPSA) is 71.8 Å². The lowest BCUT2D eigenvalue weighted by molar-refractivity contribution is 0.675. The van der Waals surface area contributed by atoms with Gasteiger partial charge in [0.25, 0.3) is 5.56 Å². The van der Waals surface area contributed by atoms with Gasteiger partial charge in [0.2, 0.25) is 0 Å². The van der Waals surface area contributed by atoms with Gasteiger partial charge in [0.05, 0.1) is 6.20 Å². The molecule has 0 bridgehead atoms. The highest BCUT2D eigenvalue weighted by Crippen LogP contribution is 2.11. The molecule has 1 aromatic rings. The lowest BCUT2D eigenvalue weighted by Crippen LogP contribution is -2.16. The van der Waals surface area contributed by atoms with Crippen LogP contribution in [-0.2, 0) is 0 Å². The molecule has 0 spiro atoms. The predicted octanol–water partition coefficient (Wildman–Crippen LogP) is 0.866. The molecule has 66 valence electrons. The van der Waals surface area contributed by atoms with E-state index in [4.69, 9.17) is 5.73 Å². The summed E-state index contributed by atoms with van der Waals surface area (Å²) in [4.78, 5) is 17.7. The fourth-order valence-electron chi connectivity index (χ4n) is 0.862. The maximum Gasteiger partial charge on any atom is 0.274 e. The smallest absolute Gasteiger partial charge is 0.274 e. The highest BCUT2D eigenvalue weighted by atomic mass is 16.1. The van der Waals surface area contributed by atoms with Gasteiger partial charge in [-0.2, -0.15) is 0 Å². The number of H-pyrrole nitrogens is 1. The minimum atomic E-state index is -0.250. The Kier molecular flexibility index (Phi) is 2.47. The zero-order valence-electron chi connectivity index (χ0n) is 7.29. The first-order valence-electron chi connectivity index (χ1n) is 3.99. The first-order valence-corrected chi connectivity index (χ1v) is 3.99. The zero-order valence-corrected chi connectivity index (χ0v) is 7.29. The maximum atomic E-state index is 11.0. The average molecular weight is 167 g/mol. The lowest BCUT2D eigenvalue weighted by atomic mass is 10.1. The minimum absolute atomic E-state index is 0.169. The number of aromatic nitrogens is 2. The summed E-state index contributed by atoms with van der Waals surface area (Å²) in [5.74, 6) is 0.981. The third-order valence-electron chi connectivity index (χ3n) is 1.93. The second kappa shape index (κ2) is 3.38. The van der Waals surface area contributed by atoms with E-state index >= 15 is 0 Å². The second-order valence-electron chi connectivity index (χ2n) is 2.86. The number of anilines is 1. The molecule has 12 heavy (non-hydrogen) atoms. The summed E-state index contributed by atoms with van der Waals surface area (Å²) in [6.07, 6.45) is 2.35. The standard InChI is InChI=1S/C8H13N3O/c1-3-5(2)7-10-4-6(9)8(12)11-7/h4-5H,3,9H2,1-2H3,(H,10,11,12). The van der Waals surface area contributed by atoms with Crippen LogP contribution in [0.15, 0.2) is 11.0 Å². The van der Waals surface area contributed by atoms with Gasteiger partial charge in [-0.1, -0.05) is 13.8 Å². The summed E-state index contributed by atoms with van der Waals surface area (Å²) < 4.78 is 0. The molecule has 0 aliphatic heterocycles. The molecule has 0 aliphatic carbocycles. The highest BCUT2D eigenvalue weighted by molar-refractivity contribution is 5.30. The fourth-order valence-corrected chi connectivity index (χ4v) is 0.862. The van der Waals surface area contributed by atoms with Gasteiger partial charge in [-0.15, -0.1) is 0 Å². The number of hydrogen-bond donors (Lipinski definition) is 2. The van der Waals surface area contributed by atoms with Gasteiger partial charge < -0.3 is 10.7 Å². The van der Waals surface area contributed by atoms with E-state index in [1.54, 1.807) is 0 Å². The van der Waals surface area contributed by atoms with Crippen LogP contribution in [0.3, 0.4) is 0 Å². The van der Waals surface area contributed by atoms with E-state index in [9.17, 15) is 4.79 Å². The number of rotatable bonds is 2. The van der Waals surface area contributed by atoms with Gasteiger partial charge in [-0.25, -0.2) is 4.98 Å². The Bertz CT molecular complexity index is 318. The van der Waals surface area contributed by atoms with Gasteiger partial charge in [-0.05, 0) is 6.42 Å². The number of hydrogen-bond acceptors (Lipinski definition) is 3. The van der Waals surface area contributed by atoms with Crippen molar-refractivity contribution >= 4 is 5.69 Å². The van der Waals surface area contributed by atoms with Crippen LogP contribution in [0.5, 0.6) is 0 Å². The quantitative estimate of drug-likeness (QED) is 0.686. The van der Waals surface area contributed by atoms with E-state index in [0.717, 1.165) is 6.42 Å². The molecule has 0 aromatic carbocycles. The number of nitrogens with one attached hydrogen (secondary N) is 1. The number of nitrogen functional groups attached to an aromatic ring is 1. The molecule has 0 amide bonds. The van der Waals surface area contributed by atoms with E-state index in [2.05, 4.69) is 9.97 Å². The Morgan fingerprint density at radius 1 is 1.75 bits per heavy atom. The van der Waals surface area contributed by atoms with Crippen LogP contribution in [0.4, 0.5) is 5.69 Å². The van der Waals surface area contributed by atoms with Crippen molar-refractivity contribution in [1.82, 2.24) is 9.97 Å². The molecule has 1 unspecified atom stereocenters. The van der Waals surface area contributed by atoms with Gasteiger partial charge in [0, 0.05) is 5.92 Å². The van der Waals surface area contributed by atoms with Crippen LogP contribution in [0.1, 0.15) is 32.0 Å². The molecule has 3 N–H and O–H groups in total. The first-order chi connectivity index (χ1) is 5.65. The summed E-state index contributed by atoms with van der Waals surface area (Å²) in [5, 5.41) is 0. The Labute approximate surface area is 70.8 Å². The molecule has 1 aromatic heterocycles. The Morgan fingerprint density at radius 2 is 2.42 bits per heavy atom. The minimum Gasteiger partial charge on any atom is -0.393 e. The molecule has 1 heterocycles. The van der Waals surface area contributed by atoms with Crippen molar-refractivity contribution in [2.24, 2.45) is 0 Å². The molecule has 0 radical (unpaired) electrons. The summed E-state index contributed by atoms with van der Waals surface area (Å²) in [6, 6.07) is 0. The van der Waals surface area contributed by atoms with E-state index < -0.39 is 0 Å². The van der Waals surface area contributed by atoms with Crippen LogP contribution in [0.2, 0.25) is 0 Å². The van der Waals surface area contributed by atoms with Crippen molar-refractivity contribution in [3.63, 3.8) is 0 Å². The highest BCUT2D eigenvalue weighted by Gasteiger charge is 2.05. The normalized spacial score (nSPS) is 12.8. The Hall–Kier alpha value is -1.32. The fraction of sp³-hybridized carbons (Fsp3) is 0.500. The lowest BCUT2D eigenvalue weighted by Gasteiger charge is -2.06. The van der Waals surface area contributed by atoms with Crippen LogP contribution in [0.25, 0.3) is 0 Å². The molecular weight excluding hydrogens is 154 g/mol. The molecule has 1 rings (SSSR count). The summed E-state index contributed by atoms with van der Waals surface area (Å²) in [6.45, 7) is 4.05. The van der Waals surface area contributed by atoms with Crippen LogP contribution >= 0.6 is 0 Å². The predicted molar refractivity (Wildman–Crippen MR) is 48.0 cm³/mol. The van der Waals surface area contributed by atoms with E-state index in [1.807, 2.05) is 13.8 Å². The van der Waals surface area contributed by atoms with E-state index in [1.165, 1.54) is 6.20 Å². The summed E-state index contributed by atoms with van der Waals surface area (Å²) in [5.41, 5.74) is 5.24. The van der Waals surface area contributed by atoms with Crippen LogP contribution in [0, 0.1) is 0 Å². The summed E-state index contributed by atoms with van der Waals surface area (Å²) in [7, 11) is 0. The van der Waals surface area contributed by atoms with Gasteiger partial charge in [-0.3, -0.25) is 4.79 Å². The monoisotopic (exact) mass is 167 g/mol. The summed E-state index contributed by atoms with van der Waals surface area (Å²) >= 11 is 0. The molecular formula is C8H13N3O. The zero-order chi connectivity index (χ0) is 9.14. The average Bonchev–Trinajstić information content (AvgIpc) is 2.08. The molecule has 4 nitrogen and oxygen atoms in total. The first kappa shape index (κ1) is 8.77. The molecule has 0 saturated carbocycles. The van der Waals surface area contributed by atoms with Crippen LogP contribution < -0.4 is 11.3 Å². The number of aromatic amines is 1. The van der Waals surface area contributed by atoms with Crippen molar-refractivity contribution in [2.45, 2.75) is 26.2 Å². The molecule has 0 saturated heterocycles. The molecule has 0 fully saturated rings. The molecule has 4 heteroatoms. The third-order valence-corrected chi connectivity index (χ3v) is 1.93. The second-order valence-corrected chi connectivity index (χ2v) is 2.86. The third kappa shape index (κ3) is 1.64. The number of nitrogens with zero attached hydrogens (tertiary/aromatic N) is 1. The van der Waals surface area contributed by atoms with Crippen molar-refractivity contribution in [1.29, 1.82) is 0 Å². The Balaban J connectivity index is 3.05. The molecule has 0 aliphatic rings. The van der Waals surface area contributed by atoms with E-state index in [-0.39, 0.29) is 17.2 Å². The SMILES string of the molecule is CCC(C)c1ncc(N)c(=O)[nH]1. The number of nitrogens with two attached hydrogens (primary N) is 1. The Morgan fingerprint density at radius 3 is 2.92 bits per heavy atom. The van der Waals surface area contributed by atoms with Gasteiger partial charge in [0.1, 0.15) is 11.5 Å². The molecule has 1 atom stereocenters.